The molecule has 0 spiro atoms. The summed E-state index contributed by atoms with van der Waals surface area (Å²) in [7, 11) is 1.56. The lowest BCUT2D eigenvalue weighted by Crippen LogP contribution is -2.41. The van der Waals surface area contributed by atoms with E-state index < -0.39 is 28.5 Å². The average molecular weight is 580 g/mol. The lowest BCUT2D eigenvalue weighted by molar-refractivity contribution is -0.114. The van der Waals surface area contributed by atoms with E-state index in [0.29, 0.717) is 24.2 Å². The van der Waals surface area contributed by atoms with E-state index in [1.54, 1.807) is 38.2 Å². The van der Waals surface area contributed by atoms with E-state index in [0.717, 1.165) is 4.47 Å². The van der Waals surface area contributed by atoms with Gasteiger partial charge in [-0.05, 0) is 62.2 Å². The molecule has 0 bridgehead atoms. The summed E-state index contributed by atoms with van der Waals surface area (Å²) >= 11 is 3.40. The van der Waals surface area contributed by atoms with Gasteiger partial charge in [-0.3, -0.25) is 28.1 Å². The number of nitrogens with zero attached hydrogens (tertiary/aromatic N) is 3. The number of carbonyl (C=O) groups excluding carboxylic acids is 1. The largest absolute Gasteiger partial charge is 0.341 e. The van der Waals surface area contributed by atoms with Crippen LogP contribution in [0.15, 0.2) is 79.8 Å². The highest BCUT2D eigenvalue weighted by atomic mass is 79.9. The number of aryl methyl sites for hydroxylation is 1. The first kappa shape index (κ1) is 25.4. The minimum atomic E-state index is -1.16. The van der Waals surface area contributed by atoms with Crippen molar-refractivity contribution in [3.8, 4) is 5.69 Å². The summed E-state index contributed by atoms with van der Waals surface area (Å²) in [6, 6.07) is 13.2. The topological polar surface area (TPSA) is 107 Å². The van der Waals surface area contributed by atoms with Gasteiger partial charge in [0.2, 0.25) is 0 Å². The van der Waals surface area contributed by atoms with E-state index in [1.807, 2.05) is 12.1 Å². The molecule has 1 fully saturated rings. The van der Waals surface area contributed by atoms with E-state index in [-0.39, 0.29) is 34.0 Å². The Morgan fingerprint density at radius 2 is 1.74 bits per heavy atom. The molecule has 11 heteroatoms. The van der Waals surface area contributed by atoms with Crippen molar-refractivity contribution in [3.05, 3.63) is 102 Å². The Morgan fingerprint density at radius 1 is 1.05 bits per heavy atom. The Labute approximate surface area is 224 Å². The first-order chi connectivity index (χ1) is 18.1. The van der Waals surface area contributed by atoms with Gasteiger partial charge in [-0.1, -0.05) is 28.6 Å². The van der Waals surface area contributed by atoms with Gasteiger partial charge in [0.15, 0.2) is 5.83 Å². The molecule has 2 heterocycles. The molecule has 1 saturated carbocycles. The maximum absolute atomic E-state index is 13.9. The number of benzene rings is 2. The zero-order valence-corrected chi connectivity index (χ0v) is 22.1. The van der Waals surface area contributed by atoms with Crippen LogP contribution in [-0.4, -0.2) is 19.6 Å². The Bertz CT molecular complexity index is 1820. The lowest BCUT2D eigenvalue weighted by atomic mass is 10.1. The molecule has 1 aliphatic carbocycles. The van der Waals surface area contributed by atoms with Gasteiger partial charge >= 0.3 is 5.69 Å². The van der Waals surface area contributed by atoms with Crippen LogP contribution in [0, 0.1) is 6.92 Å². The van der Waals surface area contributed by atoms with Crippen LogP contribution < -0.4 is 27.4 Å². The summed E-state index contributed by atoms with van der Waals surface area (Å²) in [6.07, 6.45) is 1.35. The third-order valence-corrected chi connectivity index (χ3v) is 7.00. The predicted molar refractivity (Wildman–Crippen MR) is 148 cm³/mol. The predicted octanol–water partition coefficient (Wildman–Crippen LogP) is 4.42. The molecule has 5 rings (SSSR count). The molecule has 2 aromatic carbocycles. The van der Waals surface area contributed by atoms with Crippen molar-refractivity contribution < 1.29 is 9.18 Å². The Kier molecular flexibility index (Phi) is 6.39. The van der Waals surface area contributed by atoms with Crippen LogP contribution in [0.5, 0.6) is 0 Å². The normalized spacial score (nSPS) is 12.9. The quantitative estimate of drug-likeness (QED) is 0.329. The van der Waals surface area contributed by atoms with Crippen molar-refractivity contribution in [1.29, 1.82) is 0 Å². The van der Waals surface area contributed by atoms with Gasteiger partial charge < -0.3 is 10.6 Å². The van der Waals surface area contributed by atoms with Crippen LogP contribution >= 0.6 is 15.9 Å². The highest BCUT2D eigenvalue weighted by molar-refractivity contribution is 9.10. The molecule has 0 atom stereocenters. The molecule has 2 N–H and O–H groups in total. The Balaban J connectivity index is 1.85. The van der Waals surface area contributed by atoms with E-state index in [1.165, 1.54) is 25.8 Å². The number of pyridine rings is 1. The molecular weight excluding hydrogens is 557 g/mol. The molecule has 0 unspecified atom stereocenters. The summed E-state index contributed by atoms with van der Waals surface area (Å²) in [4.78, 5) is 52.9. The summed E-state index contributed by atoms with van der Waals surface area (Å²) in [5, 5.41) is 5.75. The number of nitrogens with one attached hydrogen (secondary N) is 2. The summed E-state index contributed by atoms with van der Waals surface area (Å²) in [6.45, 7) is 4.55. The Hall–Kier alpha value is -4.25. The fourth-order valence-corrected chi connectivity index (χ4v) is 4.71. The first-order valence-corrected chi connectivity index (χ1v) is 12.6. The number of amides is 1. The third kappa shape index (κ3) is 4.38. The van der Waals surface area contributed by atoms with Crippen molar-refractivity contribution in [2.45, 2.75) is 25.8 Å². The van der Waals surface area contributed by atoms with Crippen molar-refractivity contribution >= 4 is 49.9 Å². The van der Waals surface area contributed by atoms with Gasteiger partial charge in [0.1, 0.15) is 11.2 Å². The maximum atomic E-state index is 13.9. The van der Waals surface area contributed by atoms with Gasteiger partial charge in [0, 0.05) is 34.5 Å². The minimum absolute atomic E-state index is 0.151. The van der Waals surface area contributed by atoms with Gasteiger partial charge in [-0.15, -0.1) is 0 Å². The average Bonchev–Trinajstić information content (AvgIpc) is 3.72. The maximum Gasteiger partial charge on any atom is 0.336 e. The molecule has 0 radical (unpaired) electrons. The molecule has 9 nitrogen and oxygen atoms in total. The number of carbonyl (C=O) groups is 1. The monoisotopic (exact) mass is 579 g/mol. The van der Waals surface area contributed by atoms with Crippen LogP contribution in [0.3, 0.4) is 0 Å². The number of halogens is 2. The number of hydrogen-bond donors (Lipinski definition) is 2. The summed E-state index contributed by atoms with van der Waals surface area (Å²) < 4.78 is 18.0. The van der Waals surface area contributed by atoms with Crippen molar-refractivity contribution in [2.24, 2.45) is 7.05 Å². The number of anilines is 3. The number of aromatic nitrogens is 3. The first-order valence-electron chi connectivity index (χ1n) is 11.8. The molecule has 2 aromatic heterocycles. The van der Waals surface area contributed by atoms with E-state index >= 15 is 0 Å². The van der Waals surface area contributed by atoms with Crippen LogP contribution in [0.2, 0.25) is 0 Å². The van der Waals surface area contributed by atoms with Gasteiger partial charge in [0.05, 0.1) is 11.2 Å². The molecular formula is C27H23BrFN5O4. The summed E-state index contributed by atoms with van der Waals surface area (Å²) in [5.74, 6) is -1.94. The van der Waals surface area contributed by atoms with E-state index in [4.69, 9.17) is 0 Å². The molecule has 1 amide bonds. The van der Waals surface area contributed by atoms with Crippen LogP contribution in [0.1, 0.15) is 24.4 Å². The molecule has 1 aliphatic rings. The second-order valence-corrected chi connectivity index (χ2v) is 10.0. The third-order valence-electron chi connectivity index (χ3n) is 6.47. The number of hydrogen-bond acceptors (Lipinski definition) is 5. The molecule has 4 aromatic rings. The van der Waals surface area contributed by atoms with Gasteiger partial charge in [-0.2, -0.15) is 0 Å². The second kappa shape index (κ2) is 9.56. The number of rotatable bonds is 6. The molecule has 194 valence electrons. The van der Waals surface area contributed by atoms with Crippen molar-refractivity contribution in [1.82, 2.24) is 13.7 Å². The van der Waals surface area contributed by atoms with Crippen LogP contribution in [-0.2, 0) is 11.8 Å². The minimum Gasteiger partial charge on any atom is -0.341 e. The molecule has 0 aliphatic heterocycles. The fourth-order valence-electron chi connectivity index (χ4n) is 4.45. The second-order valence-electron chi connectivity index (χ2n) is 9.13. The van der Waals surface area contributed by atoms with E-state index in [9.17, 15) is 23.6 Å². The van der Waals surface area contributed by atoms with Crippen molar-refractivity contribution in [2.75, 3.05) is 10.6 Å². The highest BCUT2D eigenvalue weighted by Gasteiger charge is 2.31. The van der Waals surface area contributed by atoms with Crippen molar-refractivity contribution in [3.63, 3.8) is 0 Å². The SMILES string of the molecule is C=C(F)C(=O)Nc1cccc(-n2c(=O)n(C3CC3)c(=O)c3c(Nc4ccc(Br)cc4)n(C)c(=O)c(C)c32)c1. The van der Waals surface area contributed by atoms with Crippen LogP contribution in [0.25, 0.3) is 16.6 Å². The lowest BCUT2D eigenvalue weighted by Gasteiger charge is -2.20. The highest BCUT2D eigenvalue weighted by Crippen LogP contribution is 2.34. The zero-order valence-electron chi connectivity index (χ0n) is 20.5. The summed E-state index contributed by atoms with van der Waals surface area (Å²) in [5.41, 5.74) is -0.000345. The van der Waals surface area contributed by atoms with E-state index in [2.05, 4.69) is 33.1 Å². The fraction of sp³-hybridized carbons (Fsp3) is 0.185. The number of fused-ring (bicyclic) bond motifs is 1. The zero-order chi connectivity index (χ0) is 27.3. The van der Waals surface area contributed by atoms with Gasteiger partial charge in [-0.25, -0.2) is 9.18 Å². The Morgan fingerprint density at radius 3 is 2.37 bits per heavy atom. The van der Waals surface area contributed by atoms with Crippen LogP contribution in [0.4, 0.5) is 21.6 Å². The smallest absolute Gasteiger partial charge is 0.336 e. The molecule has 38 heavy (non-hydrogen) atoms. The standard InChI is InChI=1S/C27H23BrFN5O4/c1-14-22-21(23(32(3)25(14)36)30-17-9-7-16(28)8-10-17)26(37)34(19-11-12-19)27(38)33(22)20-6-4-5-18(13-20)31-24(35)15(2)29/h4-10,13,19,30H,2,11-12H2,1,3H3,(H,31,35). The van der Waals surface area contributed by atoms with Gasteiger partial charge in [0.25, 0.3) is 17.0 Å². The molecule has 0 saturated heterocycles.